The molecule has 0 spiro atoms. The summed E-state index contributed by atoms with van der Waals surface area (Å²) in [4.78, 5) is 19.6. The van der Waals surface area contributed by atoms with Crippen LogP contribution in [-0.2, 0) is 0 Å². The smallest absolute Gasteiger partial charge is 0.254 e. The lowest BCUT2D eigenvalue weighted by Gasteiger charge is -2.38. The Morgan fingerprint density at radius 1 is 1.09 bits per heavy atom. The molecule has 0 unspecified atom stereocenters. The lowest BCUT2D eigenvalue weighted by atomic mass is 9.94. The van der Waals surface area contributed by atoms with Crippen LogP contribution in [0.1, 0.15) is 91.5 Å². The summed E-state index contributed by atoms with van der Waals surface area (Å²) in [5, 5.41) is 10.3. The highest BCUT2D eigenvalue weighted by Gasteiger charge is 2.45. The Balaban J connectivity index is 1.81. The summed E-state index contributed by atoms with van der Waals surface area (Å²) < 4.78 is 26.8. The second kappa shape index (κ2) is 8.27. The predicted molar refractivity (Wildman–Crippen MR) is 143 cm³/mol. The first-order valence-electron chi connectivity index (χ1n) is 14.0. The van der Waals surface area contributed by atoms with Crippen LogP contribution < -0.4 is 0 Å². The van der Waals surface area contributed by atoms with Crippen LogP contribution in [0.3, 0.4) is 0 Å². The van der Waals surface area contributed by atoms with E-state index in [1.54, 1.807) is 30.3 Å². The molecule has 2 bridgehead atoms. The third kappa shape index (κ3) is 3.36. The molecule has 5 rings (SSSR count). The summed E-state index contributed by atoms with van der Waals surface area (Å²) in [5.41, 5.74) is 8.41. The van der Waals surface area contributed by atoms with Gasteiger partial charge in [-0.3, -0.25) is 4.79 Å². The third-order valence-corrected chi connectivity index (χ3v) is 14.5. The number of aromatic hydroxyl groups is 1. The van der Waals surface area contributed by atoms with Crippen molar-refractivity contribution in [3.8, 4) is 17.2 Å². The molecule has 1 amide bonds. The van der Waals surface area contributed by atoms with Crippen LogP contribution in [0, 0.1) is 11.5 Å². The van der Waals surface area contributed by atoms with Crippen LogP contribution in [0.2, 0.25) is 16.6 Å². The van der Waals surface area contributed by atoms with Gasteiger partial charge in [0.1, 0.15) is 19.6 Å². The summed E-state index contributed by atoms with van der Waals surface area (Å²) >= 11 is 0. The summed E-state index contributed by atoms with van der Waals surface area (Å²) in [6.07, 6.45) is 0.394. The van der Waals surface area contributed by atoms with Crippen molar-refractivity contribution in [2.75, 3.05) is 6.98 Å². The molecule has 3 aromatic rings. The van der Waals surface area contributed by atoms with Crippen molar-refractivity contribution in [3.63, 3.8) is 0 Å². The highest BCUT2D eigenvalue weighted by molar-refractivity contribution is 6.90. The summed E-state index contributed by atoms with van der Waals surface area (Å²) in [7, 11) is -2.06. The number of benzene rings is 2. The van der Waals surface area contributed by atoms with Gasteiger partial charge in [0.15, 0.2) is 0 Å². The Kier molecular flexibility index (Phi) is 4.77. The van der Waals surface area contributed by atoms with Crippen LogP contribution in [0.25, 0.3) is 11.0 Å². The molecule has 0 radical (unpaired) electrons. The molecule has 0 saturated heterocycles. The second-order valence-electron chi connectivity index (χ2n) is 10.9. The minimum absolute atomic E-state index is 0.109. The van der Waals surface area contributed by atoms with Crippen molar-refractivity contribution >= 4 is 25.0 Å². The molecule has 1 N–H and O–H groups in total. The molecule has 2 aliphatic heterocycles. The first-order chi connectivity index (χ1) is 17.8. The van der Waals surface area contributed by atoms with Gasteiger partial charge in [0.2, 0.25) is 0 Å². The lowest BCUT2D eigenvalue weighted by Crippen LogP contribution is -2.43. The zero-order valence-electron chi connectivity index (χ0n) is 24.3. The van der Waals surface area contributed by atoms with E-state index < -0.39 is 27.0 Å². The second-order valence-corrected chi connectivity index (χ2v) is 16.4. The Hall–Kier alpha value is -3.04. The van der Waals surface area contributed by atoms with Gasteiger partial charge in [0.25, 0.3) is 5.91 Å². The number of phenolic OH excluding ortho intramolecular Hbond substituents is 1. The molecule has 6 heteroatoms. The predicted octanol–water partition coefficient (Wildman–Crippen LogP) is 6.43. The van der Waals surface area contributed by atoms with Gasteiger partial charge in [-0.1, -0.05) is 53.5 Å². The number of nitrogens with zero attached hydrogens (tertiary/aromatic N) is 3. The summed E-state index contributed by atoms with van der Waals surface area (Å²) in [5.74, 6) is 3.67. The molecule has 2 aliphatic rings. The number of fused-ring (bicyclic) bond motifs is 9. The maximum atomic E-state index is 13.9. The van der Waals surface area contributed by atoms with E-state index in [1.807, 2.05) is 10.6 Å². The normalized spacial score (nSPS) is 20.9. The van der Waals surface area contributed by atoms with Gasteiger partial charge in [-0.25, -0.2) is 4.98 Å². The average molecular weight is 489 g/mol. The van der Waals surface area contributed by atoms with Crippen molar-refractivity contribution < 1.29 is 14.0 Å². The molecule has 2 aromatic carbocycles. The Morgan fingerprint density at radius 3 is 2.46 bits per heavy atom. The minimum atomic E-state index is -2.64. The first kappa shape index (κ1) is 20.2. The van der Waals surface area contributed by atoms with Gasteiger partial charge in [-0.2, -0.15) is 0 Å². The van der Waals surface area contributed by atoms with Crippen LogP contribution in [0.15, 0.2) is 36.4 Å². The van der Waals surface area contributed by atoms with E-state index in [4.69, 9.17) is 9.10 Å². The highest BCUT2D eigenvalue weighted by Crippen LogP contribution is 2.48. The molecular weight excluding hydrogens is 450 g/mol. The molecule has 0 saturated carbocycles. The number of amides is 1. The number of hydrogen-bond donors (Lipinski definition) is 1. The molecule has 35 heavy (non-hydrogen) atoms. The highest BCUT2D eigenvalue weighted by atomic mass is 28.3. The van der Waals surface area contributed by atoms with E-state index >= 15 is 0 Å². The maximum absolute atomic E-state index is 13.9. The van der Waals surface area contributed by atoms with E-state index in [1.165, 1.54) is 0 Å². The van der Waals surface area contributed by atoms with Crippen LogP contribution >= 0.6 is 0 Å². The number of carbonyl (C=O) groups excluding carboxylic acids is 1. The van der Waals surface area contributed by atoms with Crippen molar-refractivity contribution in [2.24, 2.45) is 0 Å². The number of hydrogen-bond acceptors (Lipinski definition) is 3. The molecule has 3 heterocycles. The summed E-state index contributed by atoms with van der Waals surface area (Å²) in [6.45, 7) is 11.0. The number of aromatic nitrogens is 2. The SMILES string of the molecule is [2H]C([2H])([2H])N1C(=O)c2cccc(C#C[Si](C(C)C)(C(C)C)C(C)C)c2[C@H]2C[C@@H]1c1nc3ccc(O)cc3n12. The number of imidazole rings is 1. The van der Waals surface area contributed by atoms with Crippen molar-refractivity contribution in [1.29, 1.82) is 0 Å². The zero-order chi connectivity index (χ0) is 27.7. The molecule has 1 aromatic heterocycles. The van der Waals surface area contributed by atoms with E-state index in [9.17, 15) is 9.90 Å². The van der Waals surface area contributed by atoms with Crippen molar-refractivity contribution in [3.05, 3.63) is 58.9 Å². The molecular formula is C29H35N3O2Si. The lowest BCUT2D eigenvalue weighted by molar-refractivity contribution is 0.0734. The third-order valence-electron chi connectivity index (χ3n) is 8.24. The minimum Gasteiger partial charge on any atom is -0.508 e. The van der Waals surface area contributed by atoms with Gasteiger partial charge in [-0.15, -0.1) is 5.54 Å². The van der Waals surface area contributed by atoms with Gasteiger partial charge >= 0.3 is 0 Å². The van der Waals surface area contributed by atoms with Gasteiger partial charge in [-0.05, 0) is 40.9 Å². The Bertz CT molecular complexity index is 1470. The molecule has 0 fully saturated rings. The van der Waals surface area contributed by atoms with Gasteiger partial charge in [0, 0.05) is 40.3 Å². The number of carbonyl (C=O) groups is 1. The Morgan fingerprint density at radius 2 is 1.80 bits per heavy atom. The Labute approximate surface area is 213 Å². The number of rotatable bonds is 3. The summed E-state index contributed by atoms with van der Waals surface area (Å²) in [6, 6.07) is 9.39. The first-order valence-corrected chi connectivity index (χ1v) is 14.7. The largest absolute Gasteiger partial charge is 0.508 e. The molecule has 0 aliphatic carbocycles. The monoisotopic (exact) mass is 488 g/mol. The van der Waals surface area contributed by atoms with Gasteiger partial charge < -0.3 is 14.6 Å². The average Bonchev–Trinajstić information content (AvgIpc) is 3.31. The van der Waals surface area contributed by atoms with E-state index in [2.05, 4.69) is 53.0 Å². The van der Waals surface area contributed by atoms with E-state index in [0.29, 0.717) is 39.9 Å². The number of phenols is 1. The van der Waals surface area contributed by atoms with Crippen LogP contribution in [0.4, 0.5) is 0 Å². The topological polar surface area (TPSA) is 58.4 Å². The fraction of sp³-hybridized carbons (Fsp3) is 0.448. The van der Waals surface area contributed by atoms with Crippen LogP contribution in [-0.4, -0.2) is 40.5 Å². The standard InChI is InChI=1S/C29H35N3O2Si/c1-17(2)35(18(3)4,19(5)6)14-13-20-9-8-10-22-27(20)25-16-26(31(7)29(22)34)28-30-23-12-11-21(33)15-24(23)32(25)28/h8-12,15,17-19,25-26,33H,16H2,1-7H3/t25-,26-/m1/s1/i7D3. The van der Waals surface area contributed by atoms with Crippen molar-refractivity contribution in [2.45, 2.75) is 76.7 Å². The molecule has 182 valence electrons. The molecule has 2 atom stereocenters. The zero-order valence-corrected chi connectivity index (χ0v) is 22.3. The van der Waals surface area contributed by atoms with Crippen LogP contribution in [0.5, 0.6) is 5.75 Å². The maximum Gasteiger partial charge on any atom is 0.254 e. The van der Waals surface area contributed by atoms with E-state index in [-0.39, 0.29) is 11.8 Å². The van der Waals surface area contributed by atoms with Gasteiger partial charge in [0.05, 0.1) is 23.1 Å². The fourth-order valence-electron chi connectivity index (χ4n) is 6.65. The quantitative estimate of drug-likeness (QED) is 0.341. The van der Waals surface area contributed by atoms with Crippen molar-refractivity contribution in [1.82, 2.24) is 14.5 Å². The molecule has 5 nitrogen and oxygen atoms in total. The van der Waals surface area contributed by atoms with E-state index in [0.717, 1.165) is 21.5 Å². The fourth-order valence-corrected chi connectivity index (χ4v) is 11.9.